The van der Waals surface area contributed by atoms with Crippen LogP contribution in [0.25, 0.3) is 0 Å². The van der Waals surface area contributed by atoms with Crippen molar-refractivity contribution in [2.45, 2.75) is 89.2 Å². The third kappa shape index (κ3) is 6.94. The fourth-order valence-electron chi connectivity index (χ4n) is 6.93. The van der Waals surface area contributed by atoms with E-state index in [1.807, 2.05) is 4.90 Å². The van der Waals surface area contributed by atoms with E-state index in [1.54, 1.807) is 0 Å². The second kappa shape index (κ2) is 12.8. The zero-order valence-electron chi connectivity index (χ0n) is 23.3. The molecule has 0 bridgehead atoms. The molecule has 4 rings (SSSR count). The largest absolute Gasteiger partial charge is 0.393 e. The van der Waals surface area contributed by atoms with Gasteiger partial charge in [0.1, 0.15) is 0 Å². The fraction of sp³-hybridized carbons (Fsp3) is 0.742. The molecule has 2 amide bonds. The normalized spacial score (nSPS) is 31.8. The number of amides is 2. The number of carbonyl (C=O) groups excluding carboxylic acids is 2. The Labute approximate surface area is 224 Å². The highest BCUT2D eigenvalue weighted by atomic mass is 16.3. The van der Waals surface area contributed by atoms with Gasteiger partial charge in [-0.2, -0.15) is 0 Å². The van der Waals surface area contributed by atoms with Gasteiger partial charge in [-0.1, -0.05) is 62.9 Å². The summed E-state index contributed by atoms with van der Waals surface area (Å²) in [5.41, 5.74) is 1.28. The van der Waals surface area contributed by atoms with E-state index in [4.69, 9.17) is 0 Å². The molecule has 37 heavy (non-hydrogen) atoms. The van der Waals surface area contributed by atoms with Crippen molar-refractivity contribution in [1.29, 1.82) is 0 Å². The van der Waals surface area contributed by atoms with Gasteiger partial charge in [-0.3, -0.25) is 14.5 Å². The number of aliphatic hydroxyl groups is 1. The van der Waals surface area contributed by atoms with Gasteiger partial charge in [-0.05, 0) is 82.4 Å². The third-order valence-corrected chi connectivity index (χ3v) is 9.75. The van der Waals surface area contributed by atoms with Gasteiger partial charge in [0.2, 0.25) is 11.8 Å². The molecule has 1 aliphatic heterocycles. The van der Waals surface area contributed by atoms with Crippen LogP contribution in [0, 0.1) is 23.7 Å². The van der Waals surface area contributed by atoms with Crippen molar-refractivity contribution in [2.75, 3.05) is 33.7 Å². The minimum absolute atomic E-state index is 0.0567. The molecule has 1 aromatic rings. The molecule has 2 unspecified atom stereocenters. The first-order chi connectivity index (χ1) is 17.8. The second-order valence-electron chi connectivity index (χ2n) is 12.4. The molecule has 3 atom stereocenters. The number of carbonyl (C=O) groups is 2. The van der Waals surface area contributed by atoms with Crippen LogP contribution in [-0.4, -0.2) is 66.6 Å². The monoisotopic (exact) mass is 511 g/mol. The second-order valence-corrected chi connectivity index (χ2v) is 12.4. The first-order valence-electron chi connectivity index (χ1n) is 14.7. The van der Waals surface area contributed by atoms with Crippen molar-refractivity contribution < 1.29 is 14.7 Å². The van der Waals surface area contributed by atoms with Gasteiger partial charge in [0, 0.05) is 24.5 Å². The average Bonchev–Trinajstić information content (AvgIpc) is 2.86. The standard InChI is InChI=1S/C31H49N3O3/c1-23-26(18-24-10-7-11-24)12-8-15-31(33(2)3,27-13-5-4-6-14-27)16-9-17-34(30(23)37)22-29(36)32-21-25-19-28(35)20-25/h4-6,13-14,23-26,28,35H,7-12,15-22H2,1-3H3,(H,32,36)/t23?,25-,26?,28-,31-/m1/s1. The minimum Gasteiger partial charge on any atom is -0.393 e. The molecule has 0 aromatic heterocycles. The Balaban J connectivity index is 1.51. The molecule has 206 valence electrons. The topological polar surface area (TPSA) is 72.9 Å². The molecule has 1 saturated heterocycles. The molecule has 3 fully saturated rings. The Hall–Kier alpha value is -1.92. The van der Waals surface area contributed by atoms with Gasteiger partial charge in [0.15, 0.2) is 0 Å². The third-order valence-electron chi connectivity index (χ3n) is 9.75. The Kier molecular flexibility index (Phi) is 9.68. The van der Waals surface area contributed by atoms with Gasteiger partial charge >= 0.3 is 0 Å². The maximum absolute atomic E-state index is 13.8. The van der Waals surface area contributed by atoms with Crippen molar-refractivity contribution in [1.82, 2.24) is 15.1 Å². The summed E-state index contributed by atoms with van der Waals surface area (Å²) in [6.07, 6.45) is 11.4. The first-order valence-corrected chi connectivity index (χ1v) is 14.7. The summed E-state index contributed by atoms with van der Waals surface area (Å²) in [6.45, 7) is 3.45. The predicted octanol–water partition coefficient (Wildman–Crippen LogP) is 4.57. The van der Waals surface area contributed by atoms with Crippen LogP contribution in [0.1, 0.15) is 83.1 Å². The van der Waals surface area contributed by atoms with Crippen LogP contribution in [0.2, 0.25) is 0 Å². The van der Waals surface area contributed by atoms with Crippen LogP contribution in [-0.2, 0) is 15.1 Å². The van der Waals surface area contributed by atoms with E-state index >= 15 is 0 Å². The van der Waals surface area contributed by atoms with Gasteiger partial charge in [0.05, 0.1) is 12.6 Å². The minimum atomic E-state index is -0.218. The van der Waals surface area contributed by atoms with E-state index in [1.165, 1.54) is 24.8 Å². The van der Waals surface area contributed by atoms with Crippen molar-refractivity contribution in [3.05, 3.63) is 35.9 Å². The maximum atomic E-state index is 13.8. The van der Waals surface area contributed by atoms with Crippen molar-refractivity contribution in [3.8, 4) is 0 Å². The van der Waals surface area contributed by atoms with Crippen molar-refractivity contribution >= 4 is 11.8 Å². The van der Waals surface area contributed by atoms with Gasteiger partial charge in [-0.15, -0.1) is 0 Å². The first kappa shape index (κ1) is 28.1. The molecular formula is C31H49N3O3. The molecule has 2 N–H and O–H groups in total. The molecular weight excluding hydrogens is 462 g/mol. The molecule has 6 heteroatoms. The summed E-state index contributed by atoms with van der Waals surface area (Å²) in [5.74, 6) is 1.50. The lowest BCUT2D eigenvalue weighted by Crippen LogP contribution is -2.47. The summed E-state index contributed by atoms with van der Waals surface area (Å²) in [4.78, 5) is 31.0. The van der Waals surface area contributed by atoms with Crippen molar-refractivity contribution in [3.63, 3.8) is 0 Å². The van der Waals surface area contributed by atoms with E-state index in [0.29, 0.717) is 24.9 Å². The van der Waals surface area contributed by atoms with E-state index in [-0.39, 0.29) is 35.9 Å². The zero-order chi connectivity index (χ0) is 26.4. The molecule has 6 nitrogen and oxygen atoms in total. The van der Waals surface area contributed by atoms with Crippen LogP contribution >= 0.6 is 0 Å². The predicted molar refractivity (Wildman–Crippen MR) is 148 cm³/mol. The summed E-state index contributed by atoms with van der Waals surface area (Å²) >= 11 is 0. The quantitative estimate of drug-likeness (QED) is 0.537. The summed E-state index contributed by atoms with van der Waals surface area (Å²) < 4.78 is 0. The number of rotatable bonds is 8. The lowest BCUT2D eigenvalue weighted by atomic mass is 9.73. The van der Waals surface area contributed by atoms with E-state index in [0.717, 1.165) is 57.3 Å². The number of hydrogen-bond acceptors (Lipinski definition) is 4. The molecule has 1 aromatic carbocycles. The van der Waals surface area contributed by atoms with E-state index in [2.05, 4.69) is 61.6 Å². The van der Waals surface area contributed by atoms with Crippen LogP contribution < -0.4 is 5.32 Å². The Morgan fingerprint density at radius 3 is 2.38 bits per heavy atom. The lowest BCUT2D eigenvalue weighted by Gasteiger charge is -2.41. The molecule has 0 spiro atoms. The van der Waals surface area contributed by atoms with Gasteiger partial charge in [0.25, 0.3) is 0 Å². The highest BCUT2D eigenvalue weighted by Crippen LogP contribution is 2.41. The average molecular weight is 512 g/mol. The zero-order valence-corrected chi connectivity index (χ0v) is 23.3. The van der Waals surface area contributed by atoms with Crippen LogP contribution in [0.4, 0.5) is 0 Å². The van der Waals surface area contributed by atoms with Crippen LogP contribution in [0.5, 0.6) is 0 Å². The lowest BCUT2D eigenvalue weighted by molar-refractivity contribution is -0.141. The molecule has 2 aliphatic carbocycles. The molecule has 0 radical (unpaired) electrons. The van der Waals surface area contributed by atoms with Gasteiger partial charge in [-0.25, -0.2) is 0 Å². The number of hydrogen-bond donors (Lipinski definition) is 2. The maximum Gasteiger partial charge on any atom is 0.239 e. The van der Waals surface area contributed by atoms with E-state index < -0.39 is 0 Å². The Bertz CT molecular complexity index is 881. The number of benzene rings is 1. The highest BCUT2D eigenvalue weighted by molar-refractivity contribution is 5.86. The highest BCUT2D eigenvalue weighted by Gasteiger charge is 2.38. The Morgan fingerprint density at radius 1 is 1.05 bits per heavy atom. The Morgan fingerprint density at radius 2 is 1.76 bits per heavy atom. The molecule has 3 aliphatic rings. The van der Waals surface area contributed by atoms with Crippen LogP contribution in [0.3, 0.4) is 0 Å². The summed E-state index contributed by atoms with van der Waals surface area (Å²) in [5, 5.41) is 12.6. The molecule has 2 saturated carbocycles. The number of nitrogens with one attached hydrogen (secondary N) is 1. The van der Waals surface area contributed by atoms with Crippen molar-refractivity contribution in [2.24, 2.45) is 23.7 Å². The number of nitrogens with zero attached hydrogens (tertiary/aromatic N) is 2. The molecule has 1 heterocycles. The number of aliphatic hydroxyl groups excluding tert-OH is 1. The van der Waals surface area contributed by atoms with Gasteiger partial charge < -0.3 is 15.3 Å². The fourth-order valence-corrected chi connectivity index (χ4v) is 6.93. The SMILES string of the molecule is CC1C(=O)N(CC(=O)NC[C@H]2C[C@H](O)C2)CCC[C@](c2ccccc2)(N(C)C)CCCC1CC1CCC1. The smallest absolute Gasteiger partial charge is 0.239 e. The summed E-state index contributed by atoms with van der Waals surface area (Å²) in [6, 6.07) is 10.9. The summed E-state index contributed by atoms with van der Waals surface area (Å²) in [7, 11) is 4.38. The van der Waals surface area contributed by atoms with E-state index in [9.17, 15) is 14.7 Å². The van der Waals surface area contributed by atoms with Crippen LogP contribution in [0.15, 0.2) is 30.3 Å².